The van der Waals surface area contributed by atoms with E-state index in [1.54, 1.807) is 36.4 Å². The molecular formula is C22H21Cl3O2. The summed E-state index contributed by atoms with van der Waals surface area (Å²) in [7, 11) is 0. The smallest absolute Gasteiger partial charge is 0.163 e. The molecule has 5 heteroatoms. The molecule has 1 aliphatic rings. The lowest BCUT2D eigenvalue weighted by Gasteiger charge is -2.25. The summed E-state index contributed by atoms with van der Waals surface area (Å²) < 4.78 is 0. The maximum Gasteiger partial charge on any atom is 0.163 e. The summed E-state index contributed by atoms with van der Waals surface area (Å²) in [5, 5.41) is 1.50. The van der Waals surface area contributed by atoms with Gasteiger partial charge in [-0.3, -0.25) is 9.59 Å². The summed E-state index contributed by atoms with van der Waals surface area (Å²) in [6.45, 7) is 0. The van der Waals surface area contributed by atoms with Crippen LogP contribution in [-0.4, -0.2) is 11.6 Å². The molecule has 0 unspecified atom stereocenters. The summed E-state index contributed by atoms with van der Waals surface area (Å²) in [6, 6.07) is 12.3. The van der Waals surface area contributed by atoms with Gasteiger partial charge in [-0.2, -0.15) is 0 Å². The summed E-state index contributed by atoms with van der Waals surface area (Å²) in [5.74, 6) is -0.123. The molecule has 0 radical (unpaired) electrons. The third kappa shape index (κ3) is 5.13. The van der Waals surface area contributed by atoms with E-state index < -0.39 is 0 Å². The fourth-order valence-corrected chi connectivity index (χ4v) is 4.23. The molecule has 2 atom stereocenters. The number of carbonyl (C=O) groups excluding carboxylic acids is 2. The molecule has 2 aromatic carbocycles. The van der Waals surface area contributed by atoms with Crippen LogP contribution in [0.5, 0.6) is 0 Å². The zero-order chi connectivity index (χ0) is 19.4. The van der Waals surface area contributed by atoms with Crippen LogP contribution in [0.2, 0.25) is 15.1 Å². The van der Waals surface area contributed by atoms with Crippen LogP contribution in [0.4, 0.5) is 0 Å². The van der Waals surface area contributed by atoms with Gasteiger partial charge in [0.1, 0.15) is 5.78 Å². The van der Waals surface area contributed by atoms with Crippen molar-refractivity contribution in [3.63, 3.8) is 0 Å². The predicted molar refractivity (Wildman–Crippen MR) is 111 cm³/mol. The van der Waals surface area contributed by atoms with E-state index in [1.165, 1.54) is 0 Å². The van der Waals surface area contributed by atoms with Crippen LogP contribution in [0.3, 0.4) is 0 Å². The molecule has 0 aliphatic heterocycles. The van der Waals surface area contributed by atoms with Crippen LogP contribution in [0.25, 0.3) is 0 Å². The van der Waals surface area contributed by atoms with Gasteiger partial charge >= 0.3 is 0 Å². The largest absolute Gasteiger partial charge is 0.299 e. The number of rotatable bonds is 5. The van der Waals surface area contributed by atoms with Gasteiger partial charge in [-0.25, -0.2) is 0 Å². The molecule has 0 N–H and O–H groups in total. The molecule has 142 valence electrons. The van der Waals surface area contributed by atoms with Crippen LogP contribution >= 0.6 is 34.8 Å². The van der Waals surface area contributed by atoms with Crippen molar-refractivity contribution in [3.05, 3.63) is 68.7 Å². The minimum Gasteiger partial charge on any atom is -0.299 e. The number of benzene rings is 2. The van der Waals surface area contributed by atoms with E-state index in [2.05, 4.69) is 0 Å². The third-order valence-electron chi connectivity index (χ3n) is 5.28. The Kier molecular flexibility index (Phi) is 6.97. The van der Waals surface area contributed by atoms with Gasteiger partial charge in [0.25, 0.3) is 0 Å². The number of hydrogen-bond acceptors (Lipinski definition) is 2. The van der Waals surface area contributed by atoms with Crippen molar-refractivity contribution >= 4 is 46.4 Å². The number of halogens is 3. The second-order valence-corrected chi connectivity index (χ2v) is 8.34. The summed E-state index contributed by atoms with van der Waals surface area (Å²) in [6.07, 6.45) is 4.63. The van der Waals surface area contributed by atoms with Gasteiger partial charge < -0.3 is 0 Å². The fraction of sp³-hybridized carbons (Fsp3) is 0.364. The highest BCUT2D eigenvalue weighted by Crippen LogP contribution is 2.38. The Balaban J connectivity index is 1.93. The third-order valence-corrected chi connectivity index (χ3v) is 6.27. The molecule has 0 aromatic heterocycles. The average Bonchev–Trinajstić information content (AvgIpc) is 2.87. The van der Waals surface area contributed by atoms with Crippen molar-refractivity contribution in [3.8, 4) is 0 Å². The summed E-state index contributed by atoms with van der Waals surface area (Å²) in [4.78, 5) is 25.7. The highest BCUT2D eigenvalue weighted by Gasteiger charge is 2.32. The van der Waals surface area contributed by atoms with Crippen molar-refractivity contribution in [1.29, 1.82) is 0 Å². The Hall–Kier alpha value is -1.35. The fourth-order valence-electron chi connectivity index (χ4n) is 3.80. The van der Waals surface area contributed by atoms with Gasteiger partial charge in [0.05, 0.1) is 10.0 Å². The first-order chi connectivity index (χ1) is 13.0. The van der Waals surface area contributed by atoms with Crippen LogP contribution in [0.15, 0.2) is 42.5 Å². The topological polar surface area (TPSA) is 34.1 Å². The minimum absolute atomic E-state index is 0.000198. The zero-order valence-corrected chi connectivity index (χ0v) is 17.2. The lowest BCUT2D eigenvalue weighted by Crippen LogP contribution is -2.24. The van der Waals surface area contributed by atoms with Crippen molar-refractivity contribution in [2.24, 2.45) is 5.92 Å². The highest BCUT2D eigenvalue weighted by atomic mass is 35.5. The van der Waals surface area contributed by atoms with Crippen molar-refractivity contribution < 1.29 is 9.59 Å². The van der Waals surface area contributed by atoms with E-state index in [9.17, 15) is 9.59 Å². The van der Waals surface area contributed by atoms with Crippen LogP contribution in [0, 0.1) is 5.92 Å². The van der Waals surface area contributed by atoms with Gasteiger partial charge in [0, 0.05) is 35.3 Å². The second kappa shape index (κ2) is 9.23. The molecule has 0 heterocycles. The second-order valence-electron chi connectivity index (χ2n) is 7.09. The number of Topliss-reactive ketones (excluding diaryl/α,β-unsaturated/α-hetero) is 2. The van der Waals surface area contributed by atoms with Crippen molar-refractivity contribution in [1.82, 2.24) is 0 Å². The SMILES string of the molecule is O=C(C[C@@H](c1ccc(Cl)c(Cl)c1)[C@H]1CCCCCC1=O)c1ccc(Cl)cc1. The molecular weight excluding hydrogens is 403 g/mol. The molecule has 27 heavy (non-hydrogen) atoms. The van der Waals surface area contributed by atoms with Gasteiger partial charge in [0.2, 0.25) is 0 Å². The molecule has 1 fully saturated rings. The van der Waals surface area contributed by atoms with E-state index in [-0.39, 0.29) is 29.8 Å². The van der Waals surface area contributed by atoms with Crippen molar-refractivity contribution in [2.45, 2.75) is 44.4 Å². The maximum atomic E-state index is 12.9. The van der Waals surface area contributed by atoms with E-state index in [4.69, 9.17) is 34.8 Å². The molecule has 3 rings (SSSR count). The first-order valence-corrected chi connectivity index (χ1v) is 10.4. The van der Waals surface area contributed by atoms with Crippen LogP contribution in [-0.2, 0) is 4.79 Å². The average molecular weight is 424 g/mol. The molecule has 0 saturated heterocycles. The Morgan fingerprint density at radius 1 is 0.963 bits per heavy atom. The van der Waals surface area contributed by atoms with E-state index >= 15 is 0 Å². The summed E-state index contributed by atoms with van der Waals surface area (Å²) in [5.41, 5.74) is 1.50. The predicted octanol–water partition coefficient (Wildman–Crippen LogP) is 7.15. The van der Waals surface area contributed by atoms with E-state index in [1.807, 2.05) is 6.07 Å². The Bertz CT molecular complexity index is 830. The molecule has 2 nitrogen and oxygen atoms in total. The van der Waals surface area contributed by atoms with E-state index in [0.29, 0.717) is 27.1 Å². The van der Waals surface area contributed by atoms with Gasteiger partial charge in [0.15, 0.2) is 5.78 Å². The lowest BCUT2D eigenvalue weighted by atomic mass is 9.77. The minimum atomic E-state index is -0.200. The Labute approximate surface area is 174 Å². The zero-order valence-electron chi connectivity index (χ0n) is 14.9. The van der Waals surface area contributed by atoms with Crippen LogP contribution < -0.4 is 0 Å². The highest BCUT2D eigenvalue weighted by molar-refractivity contribution is 6.42. The van der Waals surface area contributed by atoms with Gasteiger partial charge in [-0.15, -0.1) is 0 Å². The molecule has 1 saturated carbocycles. The summed E-state index contributed by atoms with van der Waals surface area (Å²) >= 11 is 18.2. The standard InChI is InChI=1S/C22H21Cl3O2/c23-16-9-6-14(7-10-16)22(27)13-18(15-8-11-19(24)20(25)12-15)17-4-2-1-3-5-21(17)26/h6-12,17-18H,1-5,13H2/t17-,18+/m1/s1. The maximum absolute atomic E-state index is 12.9. The molecule has 0 bridgehead atoms. The van der Waals surface area contributed by atoms with E-state index in [0.717, 1.165) is 31.2 Å². The van der Waals surface area contributed by atoms with Crippen LogP contribution in [0.1, 0.15) is 60.4 Å². The molecule has 0 spiro atoms. The molecule has 2 aromatic rings. The Morgan fingerprint density at radius 2 is 1.70 bits per heavy atom. The van der Waals surface area contributed by atoms with Gasteiger partial charge in [-0.1, -0.05) is 53.7 Å². The normalized spacial score (nSPS) is 18.8. The molecule has 1 aliphatic carbocycles. The number of carbonyl (C=O) groups is 2. The Morgan fingerprint density at radius 3 is 2.41 bits per heavy atom. The van der Waals surface area contributed by atoms with Gasteiger partial charge in [-0.05, 0) is 54.8 Å². The molecule has 0 amide bonds. The first kappa shape index (κ1) is 20.4. The number of hydrogen-bond donors (Lipinski definition) is 0. The number of ketones is 2. The lowest BCUT2D eigenvalue weighted by molar-refractivity contribution is -0.123. The quantitative estimate of drug-likeness (QED) is 0.378. The monoisotopic (exact) mass is 422 g/mol. The first-order valence-electron chi connectivity index (χ1n) is 9.22. The van der Waals surface area contributed by atoms with Crippen molar-refractivity contribution in [2.75, 3.05) is 0 Å².